The molecule has 0 bridgehead atoms. The third-order valence-corrected chi connectivity index (χ3v) is 5.05. The molecule has 128 valence electrons. The molecule has 1 aliphatic rings. The second kappa shape index (κ2) is 6.77. The zero-order valence-electron chi connectivity index (χ0n) is 14.5. The van der Waals surface area contributed by atoms with Gasteiger partial charge < -0.3 is 15.0 Å². The summed E-state index contributed by atoms with van der Waals surface area (Å²) in [6.07, 6.45) is 2.89. The van der Waals surface area contributed by atoms with Crippen molar-refractivity contribution in [2.75, 3.05) is 0 Å². The van der Waals surface area contributed by atoms with Gasteiger partial charge in [0.05, 0.1) is 23.4 Å². The Labute approximate surface area is 142 Å². The van der Waals surface area contributed by atoms with Crippen molar-refractivity contribution in [3.05, 3.63) is 53.1 Å². The first kappa shape index (κ1) is 16.7. The average molecular weight is 327 g/mol. The summed E-state index contributed by atoms with van der Waals surface area (Å²) < 4.78 is 2.14. The molecule has 5 heteroatoms. The molecule has 1 unspecified atom stereocenters. The maximum atomic E-state index is 12.8. The smallest absolute Gasteiger partial charge is 0.253 e. The molecular formula is C19H25N3O2. The molecule has 0 spiro atoms. The van der Waals surface area contributed by atoms with Crippen LogP contribution in [-0.4, -0.2) is 26.7 Å². The minimum atomic E-state index is -0.261. The van der Waals surface area contributed by atoms with Crippen molar-refractivity contribution in [3.63, 3.8) is 0 Å². The average Bonchev–Trinajstić information content (AvgIpc) is 2.84. The fourth-order valence-electron chi connectivity index (χ4n) is 3.63. The van der Waals surface area contributed by atoms with E-state index in [9.17, 15) is 9.90 Å². The van der Waals surface area contributed by atoms with E-state index in [-0.39, 0.29) is 24.0 Å². The summed E-state index contributed by atoms with van der Waals surface area (Å²) in [6.45, 7) is 6.93. The van der Waals surface area contributed by atoms with Gasteiger partial charge in [0.15, 0.2) is 0 Å². The van der Waals surface area contributed by atoms with E-state index in [1.165, 1.54) is 0 Å². The summed E-state index contributed by atoms with van der Waals surface area (Å²) in [7, 11) is 0. The molecule has 1 atom stereocenters. The number of nitrogens with zero attached hydrogens (tertiary/aromatic N) is 2. The second-order valence-electron chi connectivity index (χ2n) is 6.62. The van der Waals surface area contributed by atoms with Crippen molar-refractivity contribution in [3.8, 4) is 0 Å². The van der Waals surface area contributed by atoms with Gasteiger partial charge in [0.25, 0.3) is 5.91 Å². The summed E-state index contributed by atoms with van der Waals surface area (Å²) in [6, 6.07) is 7.52. The van der Waals surface area contributed by atoms with Gasteiger partial charge in [-0.2, -0.15) is 0 Å². The van der Waals surface area contributed by atoms with E-state index in [4.69, 9.17) is 0 Å². The molecule has 0 aliphatic heterocycles. The van der Waals surface area contributed by atoms with Crippen LogP contribution >= 0.6 is 0 Å². The van der Waals surface area contributed by atoms with Crippen molar-refractivity contribution < 1.29 is 9.90 Å². The van der Waals surface area contributed by atoms with Crippen LogP contribution in [0.5, 0.6) is 0 Å². The van der Waals surface area contributed by atoms with Gasteiger partial charge in [-0.15, -0.1) is 0 Å². The number of pyridine rings is 1. The quantitative estimate of drug-likeness (QED) is 0.887. The Morgan fingerprint density at radius 1 is 1.42 bits per heavy atom. The van der Waals surface area contributed by atoms with Crippen LogP contribution in [0.2, 0.25) is 0 Å². The normalized spacial score (nSPS) is 21.2. The fourth-order valence-corrected chi connectivity index (χ4v) is 3.63. The van der Waals surface area contributed by atoms with Gasteiger partial charge in [-0.25, -0.2) is 0 Å². The third kappa shape index (κ3) is 3.08. The van der Waals surface area contributed by atoms with Gasteiger partial charge in [-0.3, -0.25) is 9.78 Å². The minimum absolute atomic E-state index is 0.0696. The Hall–Kier alpha value is -2.14. The van der Waals surface area contributed by atoms with Crippen molar-refractivity contribution in [2.45, 2.75) is 52.3 Å². The SMILES string of the molecule is CCn1c(C)cc(C(=O)NC(c2ccccn2)C2CC(O)C2)c1C. The molecule has 2 N–H and O–H groups in total. The number of aryl methyl sites for hydroxylation is 1. The van der Waals surface area contributed by atoms with E-state index in [2.05, 4.69) is 21.8 Å². The molecule has 2 aromatic heterocycles. The van der Waals surface area contributed by atoms with Crippen LogP contribution < -0.4 is 5.32 Å². The van der Waals surface area contributed by atoms with Gasteiger partial charge in [-0.05, 0) is 57.7 Å². The van der Waals surface area contributed by atoms with Crippen LogP contribution in [0, 0.1) is 19.8 Å². The molecule has 24 heavy (non-hydrogen) atoms. The van der Waals surface area contributed by atoms with E-state index in [0.29, 0.717) is 12.8 Å². The van der Waals surface area contributed by atoms with Crippen LogP contribution in [0.15, 0.2) is 30.5 Å². The predicted molar refractivity (Wildman–Crippen MR) is 92.8 cm³/mol. The lowest BCUT2D eigenvalue weighted by atomic mass is 9.76. The highest BCUT2D eigenvalue weighted by Crippen LogP contribution is 2.37. The molecule has 1 aliphatic carbocycles. The van der Waals surface area contributed by atoms with Crippen molar-refractivity contribution in [1.29, 1.82) is 0 Å². The largest absolute Gasteiger partial charge is 0.393 e. The van der Waals surface area contributed by atoms with E-state index in [0.717, 1.165) is 29.2 Å². The molecule has 5 nitrogen and oxygen atoms in total. The fraction of sp³-hybridized carbons (Fsp3) is 0.474. The van der Waals surface area contributed by atoms with E-state index in [1.807, 2.05) is 38.1 Å². The van der Waals surface area contributed by atoms with Crippen LogP contribution in [0.4, 0.5) is 0 Å². The topological polar surface area (TPSA) is 67.2 Å². The van der Waals surface area contributed by atoms with Crippen molar-refractivity contribution in [1.82, 2.24) is 14.9 Å². The molecule has 1 fully saturated rings. The zero-order valence-corrected chi connectivity index (χ0v) is 14.5. The minimum Gasteiger partial charge on any atom is -0.393 e. The first-order valence-electron chi connectivity index (χ1n) is 8.57. The summed E-state index contributed by atoms with van der Waals surface area (Å²) in [5, 5.41) is 12.8. The maximum Gasteiger partial charge on any atom is 0.253 e. The summed E-state index contributed by atoms with van der Waals surface area (Å²) in [5.74, 6) is 0.161. The highest BCUT2D eigenvalue weighted by atomic mass is 16.3. The molecule has 3 rings (SSSR count). The molecule has 0 saturated heterocycles. The lowest BCUT2D eigenvalue weighted by Crippen LogP contribution is -2.41. The third-order valence-electron chi connectivity index (χ3n) is 5.05. The lowest BCUT2D eigenvalue weighted by molar-refractivity contribution is 0.0228. The Morgan fingerprint density at radius 2 is 2.17 bits per heavy atom. The number of rotatable bonds is 5. The number of amides is 1. The monoisotopic (exact) mass is 327 g/mol. The maximum absolute atomic E-state index is 12.8. The highest BCUT2D eigenvalue weighted by molar-refractivity contribution is 5.96. The molecule has 2 aromatic rings. The number of aliphatic hydroxyl groups is 1. The Kier molecular flexibility index (Phi) is 4.71. The van der Waals surface area contributed by atoms with E-state index in [1.54, 1.807) is 6.20 Å². The standard InChI is InChI=1S/C19H25N3O2/c1-4-22-12(2)9-16(13(22)3)19(24)21-18(14-10-15(23)11-14)17-7-5-6-8-20-17/h5-9,14-15,18,23H,4,10-11H2,1-3H3,(H,21,24). The number of carbonyl (C=O) groups excluding carboxylic acids is 1. The molecule has 0 aromatic carbocycles. The van der Waals surface area contributed by atoms with Crippen molar-refractivity contribution >= 4 is 5.91 Å². The molecular weight excluding hydrogens is 302 g/mol. The predicted octanol–water partition coefficient (Wildman–Crippen LogP) is 2.76. The van der Waals surface area contributed by atoms with Gasteiger partial charge in [0.1, 0.15) is 0 Å². The molecule has 2 heterocycles. The van der Waals surface area contributed by atoms with Gasteiger partial charge in [0.2, 0.25) is 0 Å². The second-order valence-corrected chi connectivity index (χ2v) is 6.62. The van der Waals surface area contributed by atoms with Gasteiger partial charge in [0, 0.05) is 24.1 Å². The molecule has 1 saturated carbocycles. The number of hydrogen-bond donors (Lipinski definition) is 2. The number of hydrogen-bond acceptors (Lipinski definition) is 3. The van der Waals surface area contributed by atoms with Gasteiger partial charge in [-0.1, -0.05) is 6.07 Å². The Bertz CT molecular complexity index is 718. The molecule has 0 radical (unpaired) electrons. The zero-order chi connectivity index (χ0) is 17.3. The summed E-state index contributed by atoms with van der Waals surface area (Å²) in [5.41, 5.74) is 3.65. The van der Waals surface area contributed by atoms with Gasteiger partial charge >= 0.3 is 0 Å². The van der Waals surface area contributed by atoms with Crippen LogP contribution in [-0.2, 0) is 6.54 Å². The summed E-state index contributed by atoms with van der Waals surface area (Å²) >= 11 is 0. The number of aliphatic hydroxyl groups excluding tert-OH is 1. The number of carbonyl (C=O) groups is 1. The van der Waals surface area contributed by atoms with Crippen LogP contribution in [0.1, 0.15) is 53.2 Å². The Morgan fingerprint density at radius 3 is 2.71 bits per heavy atom. The number of nitrogens with one attached hydrogen (secondary N) is 1. The highest BCUT2D eigenvalue weighted by Gasteiger charge is 2.36. The first-order valence-corrected chi connectivity index (χ1v) is 8.57. The lowest BCUT2D eigenvalue weighted by Gasteiger charge is -2.37. The van der Waals surface area contributed by atoms with E-state index < -0.39 is 0 Å². The first-order chi connectivity index (χ1) is 11.5. The van der Waals surface area contributed by atoms with Crippen LogP contribution in [0.25, 0.3) is 0 Å². The Balaban J connectivity index is 1.84. The summed E-state index contributed by atoms with van der Waals surface area (Å²) in [4.78, 5) is 17.3. The number of aromatic nitrogens is 2. The van der Waals surface area contributed by atoms with Crippen LogP contribution in [0.3, 0.4) is 0 Å². The molecule has 1 amide bonds. The van der Waals surface area contributed by atoms with E-state index >= 15 is 0 Å². The van der Waals surface area contributed by atoms with Crippen molar-refractivity contribution in [2.24, 2.45) is 5.92 Å².